The topological polar surface area (TPSA) is 94.3 Å². The van der Waals surface area contributed by atoms with Crippen LogP contribution in [0.3, 0.4) is 0 Å². The Morgan fingerprint density at radius 3 is 2.07 bits per heavy atom. The molecule has 0 aliphatic rings. The van der Waals surface area contributed by atoms with Gasteiger partial charge in [-0.05, 0) is 24.3 Å². The second-order valence-corrected chi connectivity index (χ2v) is 4.28. The fourth-order valence-corrected chi connectivity index (χ4v) is 1.49. The highest BCUT2D eigenvalue weighted by Crippen LogP contribution is 2.09. The van der Waals surface area contributed by atoms with Crippen molar-refractivity contribution >= 4 is 21.4 Å². The standard InChI is InChI=1S/C8H7NO4S/c9-8(11)6-1-3-7(4-2-6)14(12,13)5-10/h1-5H,(H2,9,11). The molecule has 0 saturated carbocycles. The van der Waals surface area contributed by atoms with Crippen LogP contribution in [0.5, 0.6) is 0 Å². The molecule has 1 rings (SSSR count). The summed E-state index contributed by atoms with van der Waals surface area (Å²) in [6.45, 7) is 0. The Morgan fingerprint density at radius 2 is 1.71 bits per heavy atom. The molecule has 14 heavy (non-hydrogen) atoms. The Labute approximate surface area is 80.4 Å². The zero-order valence-corrected chi connectivity index (χ0v) is 7.82. The Bertz CT molecular complexity index is 461. The summed E-state index contributed by atoms with van der Waals surface area (Å²) in [4.78, 5) is 20.6. The number of nitrogens with two attached hydrogens (primary N) is 1. The quantitative estimate of drug-likeness (QED) is 0.700. The van der Waals surface area contributed by atoms with Crippen molar-refractivity contribution in [2.24, 2.45) is 5.73 Å². The lowest BCUT2D eigenvalue weighted by molar-refractivity contribution is 0.1000. The monoisotopic (exact) mass is 213 g/mol. The lowest BCUT2D eigenvalue weighted by Crippen LogP contribution is -2.11. The average molecular weight is 213 g/mol. The Kier molecular flexibility index (Phi) is 2.66. The summed E-state index contributed by atoms with van der Waals surface area (Å²) < 4.78 is 22.0. The van der Waals surface area contributed by atoms with E-state index >= 15 is 0 Å². The molecular weight excluding hydrogens is 206 g/mol. The van der Waals surface area contributed by atoms with E-state index in [2.05, 4.69) is 0 Å². The van der Waals surface area contributed by atoms with Crippen LogP contribution in [0.2, 0.25) is 0 Å². The van der Waals surface area contributed by atoms with Crippen LogP contribution < -0.4 is 5.73 Å². The number of benzene rings is 1. The first-order chi connectivity index (χ1) is 6.47. The molecule has 1 aromatic carbocycles. The Morgan fingerprint density at radius 1 is 1.21 bits per heavy atom. The summed E-state index contributed by atoms with van der Waals surface area (Å²) in [6.07, 6.45) is 0. The van der Waals surface area contributed by atoms with Gasteiger partial charge in [0.15, 0.2) is 0 Å². The van der Waals surface area contributed by atoms with Gasteiger partial charge in [0.1, 0.15) is 0 Å². The van der Waals surface area contributed by atoms with E-state index < -0.39 is 15.7 Å². The van der Waals surface area contributed by atoms with Gasteiger partial charge in [0, 0.05) is 5.56 Å². The van der Waals surface area contributed by atoms with Gasteiger partial charge in [-0.1, -0.05) is 0 Å². The minimum atomic E-state index is -3.87. The number of primary amides is 1. The van der Waals surface area contributed by atoms with Crippen molar-refractivity contribution in [3.05, 3.63) is 29.8 Å². The van der Waals surface area contributed by atoms with Gasteiger partial charge in [0.2, 0.25) is 21.4 Å². The normalized spacial score (nSPS) is 10.9. The van der Waals surface area contributed by atoms with Crippen molar-refractivity contribution in [1.29, 1.82) is 0 Å². The predicted octanol–water partition coefficient (Wildman–Crippen LogP) is -0.251. The van der Waals surface area contributed by atoms with Crippen molar-refractivity contribution < 1.29 is 18.0 Å². The van der Waals surface area contributed by atoms with Crippen molar-refractivity contribution in [3.8, 4) is 0 Å². The number of hydrogen-bond donors (Lipinski definition) is 1. The largest absolute Gasteiger partial charge is 0.366 e. The van der Waals surface area contributed by atoms with Crippen molar-refractivity contribution in [1.82, 2.24) is 0 Å². The molecule has 0 radical (unpaired) electrons. The van der Waals surface area contributed by atoms with E-state index in [0.29, 0.717) is 0 Å². The summed E-state index contributed by atoms with van der Waals surface area (Å²) >= 11 is 0. The fourth-order valence-electron chi connectivity index (χ4n) is 0.864. The molecule has 0 spiro atoms. The number of carbonyl (C=O) groups is 2. The molecular formula is C8H7NO4S. The summed E-state index contributed by atoms with van der Waals surface area (Å²) in [5.74, 6) is -0.653. The maximum absolute atomic E-state index is 11.0. The van der Waals surface area contributed by atoms with Crippen LogP contribution in [-0.2, 0) is 14.6 Å². The molecule has 0 unspecified atom stereocenters. The van der Waals surface area contributed by atoms with Gasteiger partial charge in [-0.2, -0.15) is 0 Å². The predicted molar refractivity (Wildman–Crippen MR) is 48.9 cm³/mol. The molecule has 6 heteroatoms. The third-order valence-corrected chi connectivity index (χ3v) is 2.78. The molecule has 0 fully saturated rings. The molecule has 0 aliphatic carbocycles. The maximum Gasteiger partial charge on any atom is 0.248 e. The molecule has 74 valence electrons. The van der Waals surface area contributed by atoms with E-state index in [0.717, 1.165) is 12.1 Å². The van der Waals surface area contributed by atoms with E-state index in [4.69, 9.17) is 5.73 Å². The van der Waals surface area contributed by atoms with Crippen LogP contribution in [0, 0.1) is 0 Å². The van der Waals surface area contributed by atoms with Crippen molar-refractivity contribution in [2.75, 3.05) is 0 Å². The highest BCUT2D eigenvalue weighted by atomic mass is 32.2. The lowest BCUT2D eigenvalue weighted by Gasteiger charge is -1.97. The second kappa shape index (κ2) is 3.59. The smallest absolute Gasteiger partial charge is 0.248 e. The number of amides is 1. The van der Waals surface area contributed by atoms with Gasteiger partial charge >= 0.3 is 0 Å². The van der Waals surface area contributed by atoms with Crippen LogP contribution in [0.1, 0.15) is 10.4 Å². The number of sulfone groups is 1. The highest BCUT2D eigenvalue weighted by molar-refractivity contribution is 8.04. The number of rotatable bonds is 3. The van der Waals surface area contributed by atoms with Gasteiger partial charge in [-0.15, -0.1) is 0 Å². The van der Waals surface area contributed by atoms with Gasteiger partial charge in [0.25, 0.3) is 0 Å². The first kappa shape index (κ1) is 10.4. The zero-order chi connectivity index (χ0) is 10.8. The minimum Gasteiger partial charge on any atom is -0.366 e. The highest BCUT2D eigenvalue weighted by Gasteiger charge is 2.12. The van der Waals surface area contributed by atoms with Crippen LogP contribution in [-0.4, -0.2) is 19.9 Å². The van der Waals surface area contributed by atoms with E-state index in [1.165, 1.54) is 12.1 Å². The molecule has 2 N–H and O–H groups in total. The molecule has 0 atom stereocenters. The third-order valence-electron chi connectivity index (χ3n) is 1.59. The molecule has 0 aliphatic heterocycles. The molecule has 5 nitrogen and oxygen atoms in total. The van der Waals surface area contributed by atoms with Crippen molar-refractivity contribution in [2.45, 2.75) is 4.90 Å². The summed E-state index contributed by atoms with van der Waals surface area (Å²) in [7, 11) is -3.87. The van der Waals surface area contributed by atoms with Crippen LogP contribution in [0.15, 0.2) is 29.2 Å². The fraction of sp³-hybridized carbons (Fsp3) is 0. The van der Waals surface area contributed by atoms with Gasteiger partial charge < -0.3 is 5.73 Å². The first-order valence-electron chi connectivity index (χ1n) is 3.57. The first-order valence-corrected chi connectivity index (χ1v) is 5.12. The minimum absolute atomic E-state index is 0.147. The lowest BCUT2D eigenvalue weighted by atomic mass is 10.2. The molecule has 1 aromatic rings. The van der Waals surface area contributed by atoms with Gasteiger partial charge in [-0.25, -0.2) is 8.42 Å². The van der Waals surface area contributed by atoms with Gasteiger partial charge in [-0.3, -0.25) is 9.59 Å². The molecule has 0 saturated heterocycles. The molecule has 0 heterocycles. The zero-order valence-electron chi connectivity index (χ0n) is 7.01. The molecule has 0 bridgehead atoms. The summed E-state index contributed by atoms with van der Waals surface area (Å²) in [5.41, 5.74) is 4.99. The average Bonchev–Trinajstić information content (AvgIpc) is 2.18. The van der Waals surface area contributed by atoms with E-state index in [9.17, 15) is 18.0 Å². The third kappa shape index (κ3) is 1.97. The number of carbonyl (C=O) groups excluding carboxylic acids is 2. The van der Waals surface area contributed by atoms with E-state index in [-0.39, 0.29) is 16.1 Å². The maximum atomic E-state index is 11.0. The van der Waals surface area contributed by atoms with E-state index in [1.54, 1.807) is 0 Å². The summed E-state index contributed by atoms with van der Waals surface area (Å²) in [6, 6.07) is 4.81. The number of hydrogen-bond acceptors (Lipinski definition) is 4. The van der Waals surface area contributed by atoms with Gasteiger partial charge in [0.05, 0.1) is 4.90 Å². The van der Waals surface area contributed by atoms with Crippen LogP contribution >= 0.6 is 0 Å². The Hall–Kier alpha value is -1.69. The second-order valence-electron chi connectivity index (χ2n) is 2.53. The summed E-state index contributed by atoms with van der Waals surface area (Å²) in [5, 5.41) is 0. The van der Waals surface area contributed by atoms with Crippen LogP contribution in [0.4, 0.5) is 0 Å². The molecule has 0 aromatic heterocycles. The van der Waals surface area contributed by atoms with E-state index in [1.807, 2.05) is 0 Å². The SMILES string of the molecule is NC(=O)c1ccc(S(=O)(=O)C=O)cc1. The van der Waals surface area contributed by atoms with Crippen molar-refractivity contribution in [3.63, 3.8) is 0 Å². The Balaban J connectivity index is 3.19. The molecule has 1 amide bonds. The van der Waals surface area contributed by atoms with Crippen LogP contribution in [0.25, 0.3) is 0 Å².